The Bertz CT molecular complexity index is 207. The van der Waals surface area contributed by atoms with Gasteiger partial charge in [-0.1, -0.05) is 0 Å². The second-order valence-electron chi connectivity index (χ2n) is 3.05. The fraction of sp³-hybridized carbons (Fsp3) is 1.00. The number of aliphatic hydroxyl groups is 1. The van der Waals surface area contributed by atoms with Crippen molar-refractivity contribution in [3.8, 4) is 0 Å². The topological polar surface area (TPSA) is 102 Å². The van der Waals surface area contributed by atoms with Gasteiger partial charge in [-0.3, -0.25) is 4.57 Å². The first-order valence-corrected chi connectivity index (χ1v) is 6.82. The molecule has 0 aliphatic rings. The zero-order valence-electron chi connectivity index (χ0n) is 9.13. The number of nitrogens with two attached hydrogens (primary N) is 1. The van der Waals surface area contributed by atoms with Crippen LogP contribution in [0.3, 0.4) is 0 Å². The Hall–Kier alpha value is 0.0300. The van der Waals surface area contributed by atoms with Crippen LogP contribution < -0.4 is 5.73 Å². The number of ether oxygens (including phenoxy) is 2. The minimum atomic E-state index is -3.68. The van der Waals surface area contributed by atoms with Crippen molar-refractivity contribution in [2.75, 3.05) is 25.9 Å². The van der Waals surface area contributed by atoms with Gasteiger partial charge in [-0.25, -0.2) is 0 Å². The number of rotatable bonds is 8. The van der Waals surface area contributed by atoms with Gasteiger partial charge in [0.05, 0.1) is 12.3 Å². The van der Waals surface area contributed by atoms with Crippen molar-refractivity contribution in [2.24, 2.45) is 5.73 Å². The second kappa shape index (κ2) is 7.33. The molecule has 0 fully saturated rings. The Labute approximate surface area is 89.8 Å². The number of aliphatic hydroxyl groups excluding tert-OH is 1. The maximum Gasteiger partial charge on any atom is 0.257 e. The van der Waals surface area contributed by atoms with Crippen LogP contribution in [0.15, 0.2) is 0 Å². The Morgan fingerprint density at radius 2 is 1.80 bits per heavy atom. The van der Waals surface area contributed by atoms with Gasteiger partial charge in [0.25, 0.3) is 7.37 Å². The zero-order chi connectivity index (χ0) is 11.9. The molecular weight excluding hydrogens is 221 g/mol. The third-order valence-electron chi connectivity index (χ3n) is 1.69. The molecule has 15 heavy (non-hydrogen) atoms. The van der Waals surface area contributed by atoms with Gasteiger partial charge in [-0.05, 0) is 13.8 Å². The van der Waals surface area contributed by atoms with Crippen LogP contribution in [0.1, 0.15) is 13.8 Å². The van der Waals surface area contributed by atoms with Gasteiger partial charge >= 0.3 is 0 Å². The van der Waals surface area contributed by atoms with Crippen LogP contribution in [0.25, 0.3) is 0 Å². The van der Waals surface area contributed by atoms with Crippen LogP contribution in [-0.2, 0) is 14.0 Å². The standard InChI is InChI=1S/C8H20NO5P/c1-3-13-8(14-4-2)15(11,12)6-7(10)5-9/h7-8,10H,3-6,9H2,1-2H3,(H,11,12). The molecule has 2 atom stereocenters. The molecule has 0 heterocycles. The van der Waals surface area contributed by atoms with Crippen LogP contribution >= 0.6 is 7.37 Å². The number of hydrogen-bond donors (Lipinski definition) is 3. The van der Waals surface area contributed by atoms with Gasteiger partial charge in [0.1, 0.15) is 0 Å². The van der Waals surface area contributed by atoms with E-state index >= 15 is 0 Å². The van der Waals surface area contributed by atoms with Crippen molar-refractivity contribution >= 4 is 7.37 Å². The molecule has 92 valence electrons. The van der Waals surface area contributed by atoms with E-state index in [0.717, 1.165) is 0 Å². The maximum absolute atomic E-state index is 11.8. The van der Waals surface area contributed by atoms with E-state index in [1.54, 1.807) is 13.8 Å². The normalized spacial score (nSPS) is 17.7. The average molecular weight is 241 g/mol. The van der Waals surface area contributed by atoms with Crippen molar-refractivity contribution in [1.29, 1.82) is 0 Å². The van der Waals surface area contributed by atoms with Crippen molar-refractivity contribution in [2.45, 2.75) is 26.0 Å². The third kappa shape index (κ3) is 5.61. The van der Waals surface area contributed by atoms with Crippen LogP contribution in [-0.4, -0.2) is 48.1 Å². The molecule has 7 heteroatoms. The van der Waals surface area contributed by atoms with Crippen molar-refractivity contribution < 1.29 is 24.0 Å². The van der Waals surface area contributed by atoms with E-state index in [1.165, 1.54) is 0 Å². The molecule has 0 aliphatic carbocycles. The summed E-state index contributed by atoms with van der Waals surface area (Å²) in [7, 11) is -3.68. The SMILES string of the molecule is CCOC(OCC)P(=O)(O)CC(O)CN. The zero-order valence-corrected chi connectivity index (χ0v) is 10.0. The molecule has 0 aliphatic heterocycles. The van der Waals surface area contributed by atoms with E-state index in [4.69, 9.17) is 15.2 Å². The summed E-state index contributed by atoms with van der Waals surface area (Å²) < 4.78 is 21.8. The lowest BCUT2D eigenvalue weighted by atomic mass is 10.4. The summed E-state index contributed by atoms with van der Waals surface area (Å²) in [6.45, 7) is 3.88. The molecule has 4 N–H and O–H groups in total. The molecule has 0 amide bonds. The highest BCUT2D eigenvalue weighted by Crippen LogP contribution is 2.47. The molecule has 0 aromatic rings. The highest BCUT2D eigenvalue weighted by molar-refractivity contribution is 7.58. The molecule has 0 aromatic carbocycles. The minimum absolute atomic E-state index is 0.0600. The summed E-state index contributed by atoms with van der Waals surface area (Å²) >= 11 is 0. The smallest absolute Gasteiger partial charge is 0.257 e. The average Bonchev–Trinajstić information content (AvgIpc) is 2.16. The van der Waals surface area contributed by atoms with Crippen LogP contribution in [0, 0.1) is 0 Å². The Kier molecular flexibility index (Phi) is 7.34. The van der Waals surface area contributed by atoms with E-state index in [1.807, 2.05) is 0 Å². The highest BCUT2D eigenvalue weighted by atomic mass is 31.2. The summed E-state index contributed by atoms with van der Waals surface area (Å²) in [6.07, 6.45) is -1.32. The molecule has 2 unspecified atom stereocenters. The van der Waals surface area contributed by atoms with E-state index in [9.17, 15) is 14.6 Å². The van der Waals surface area contributed by atoms with Crippen molar-refractivity contribution in [3.05, 3.63) is 0 Å². The molecular formula is C8H20NO5P. The molecule has 0 rings (SSSR count). The molecule has 0 saturated heterocycles. The van der Waals surface area contributed by atoms with E-state index in [0.29, 0.717) is 0 Å². The fourth-order valence-electron chi connectivity index (χ4n) is 1.03. The Morgan fingerprint density at radius 3 is 2.13 bits per heavy atom. The van der Waals surface area contributed by atoms with Gasteiger partial charge in [-0.2, -0.15) is 0 Å². The third-order valence-corrected chi connectivity index (χ3v) is 3.59. The van der Waals surface area contributed by atoms with Crippen molar-refractivity contribution in [1.82, 2.24) is 0 Å². The summed E-state index contributed by atoms with van der Waals surface area (Å²) in [5.41, 5.74) is 5.16. The van der Waals surface area contributed by atoms with Gasteiger partial charge in [-0.15, -0.1) is 0 Å². The van der Waals surface area contributed by atoms with Crippen molar-refractivity contribution in [3.63, 3.8) is 0 Å². The lowest BCUT2D eigenvalue weighted by Crippen LogP contribution is -2.28. The largest absolute Gasteiger partial charge is 0.391 e. The quantitative estimate of drug-likeness (QED) is 0.406. The molecule has 6 nitrogen and oxygen atoms in total. The van der Waals surface area contributed by atoms with Crippen LogP contribution in [0.4, 0.5) is 0 Å². The Balaban J connectivity index is 4.40. The van der Waals surface area contributed by atoms with E-state index < -0.39 is 19.5 Å². The van der Waals surface area contributed by atoms with Crippen LogP contribution in [0.2, 0.25) is 0 Å². The van der Waals surface area contributed by atoms with Gasteiger partial charge in [0, 0.05) is 19.8 Å². The van der Waals surface area contributed by atoms with E-state index in [2.05, 4.69) is 0 Å². The second-order valence-corrected chi connectivity index (χ2v) is 5.34. The summed E-state index contributed by atoms with van der Waals surface area (Å²) in [5.74, 6) is 0. The molecule has 0 saturated carbocycles. The highest BCUT2D eigenvalue weighted by Gasteiger charge is 2.34. The summed E-state index contributed by atoms with van der Waals surface area (Å²) in [6, 6.07) is -1.17. The minimum Gasteiger partial charge on any atom is -0.391 e. The van der Waals surface area contributed by atoms with Gasteiger partial charge in [0.15, 0.2) is 0 Å². The van der Waals surface area contributed by atoms with Gasteiger partial charge < -0.3 is 25.2 Å². The first-order chi connectivity index (χ1) is 6.97. The predicted molar refractivity (Wildman–Crippen MR) is 56.8 cm³/mol. The molecule has 0 spiro atoms. The van der Waals surface area contributed by atoms with Gasteiger partial charge in [0.2, 0.25) is 6.03 Å². The maximum atomic E-state index is 11.8. The number of hydrogen-bond acceptors (Lipinski definition) is 5. The molecule has 0 bridgehead atoms. The monoisotopic (exact) mass is 241 g/mol. The predicted octanol–water partition coefficient (Wildman–Crippen LogP) is -0.0670. The lowest BCUT2D eigenvalue weighted by Gasteiger charge is -2.23. The molecule has 0 aromatic heterocycles. The Morgan fingerprint density at radius 1 is 1.33 bits per heavy atom. The van der Waals surface area contributed by atoms with Crippen LogP contribution in [0.5, 0.6) is 0 Å². The van der Waals surface area contributed by atoms with E-state index in [-0.39, 0.29) is 25.9 Å². The lowest BCUT2D eigenvalue weighted by molar-refractivity contribution is -0.0876. The molecule has 0 radical (unpaired) electrons. The fourth-order valence-corrected chi connectivity index (χ4v) is 2.72. The first-order valence-electron chi connectivity index (χ1n) is 4.90. The summed E-state index contributed by atoms with van der Waals surface area (Å²) in [4.78, 5) is 9.63. The first kappa shape index (κ1) is 15.0. The summed E-state index contributed by atoms with van der Waals surface area (Å²) in [5, 5.41) is 9.21.